The number of ether oxygens (including phenoxy) is 1. The highest BCUT2D eigenvalue weighted by Crippen LogP contribution is 2.42. The van der Waals surface area contributed by atoms with Gasteiger partial charge < -0.3 is 14.6 Å². The van der Waals surface area contributed by atoms with Gasteiger partial charge >= 0.3 is 0 Å². The molecule has 0 spiro atoms. The van der Waals surface area contributed by atoms with E-state index in [2.05, 4.69) is 17.4 Å². The monoisotopic (exact) mass is 293 g/mol. The van der Waals surface area contributed by atoms with E-state index in [0.717, 1.165) is 36.9 Å². The van der Waals surface area contributed by atoms with E-state index < -0.39 is 0 Å². The van der Waals surface area contributed by atoms with E-state index in [1.54, 1.807) is 7.11 Å². The van der Waals surface area contributed by atoms with E-state index in [1.807, 2.05) is 7.05 Å². The number of rotatable bonds is 4. The maximum atomic E-state index is 5.84. The van der Waals surface area contributed by atoms with Gasteiger partial charge in [0.05, 0.1) is 5.92 Å². The van der Waals surface area contributed by atoms with Gasteiger partial charge in [0.2, 0.25) is 11.7 Å². The molecule has 1 heterocycles. The van der Waals surface area contributed by atoms with Gasteiger partial charge in [0.1, 0.15) is 5.60 Å². The van der Waals surface area contributed by atoms with Gasteiger partial charge in [-0.05, 0) is 51.5 Å². The molecule has 5 nitrogen and oxygen atoms in total. The van der Waals surface area contributed by atoms with Gasteiger partial charge in [0.25, 0.3) is 0 Å². The van der Waals surface area contributed by atoms with Crippen LogP contribution < -0.4 is 5.32 Å². The first-order chi connectivity index (χ1) is 10.2. The average molecular weight is 293 g/mol. The summed E-state index contributed by atoms with van der Waals surface area (Å²) in [5.41, 5.74) is -0.331. The van der Waals surface area contributed by atoms with Crippen molar-refractivity contribution in [2.24, 2.45) is 5.92 Å². The highest BCUT2D eigenvalue weighted by atomic mass is 16.5. The molecule has 2 atom stereocenters. The van der Waals surface area contributed by atoms with Gasteiger partial charge in [0, 0.05) is 13.2 Å². The number of hydrogen-bond acceptors (Lipinski definition) is 5. The van der Waals surface area contributed by atoms with E-state index in [9.17, 15) is 0 Å². The minimum Gasteiger partial charge on any atom is -0.370 e. The van der Waals surface area contributed by atoms with Gasteiger partial charge in [-0.2, -0.15) is 4.98 Å². The number of nitrogens with zero attached hydrogens (tertiary/aromatic N) is 2. The third-order valence-corrected chi connectivity index (χ3v) is 5.53. The summed E-state index contributed by atoms with van der Waals surface area (Å²) in [6.45, 7) is 2.30. The molecular formula is C16H27N3O2. The lowest BCUT2D eigenvalue weighted by Gasteiger charge is -2.35. The summed E-state index contributed by atoms with van der Waals surface area (Å²) in [6, 6.07) is 0.461. The maximum absolute atomic E-state index is 5.84. The Labute approximate surface area is 126 Å². The first-order valence-corrected chi connectivity index (χ1v) is 8.25. The molecule has 1 aromatic rings. The van der Waals surface area contributed by atoms with Crippen molar-refractivity contribution in [1.29, 1.82) is 0 Å². The smallest absolute Gasteiger partial charge is 0.231 e. The predicted octanol–water partition coefficient (Wildman–Crippen LogP) is 2.98. The first-order valence-electron chi connectivity index (χ1n) is 8.25. The molecule has 0 amide bonds. The molecule has 1 N–H and O–H groups in total. The molecule has 1 aromatic heterocycles. The van der Waals surface area contributed by atoms with Crippen LogP contribution in [0.15, 0.2) is 4.52 Å². The second-order valence-corrected chi connectivity index (χ2v) is 6.77. The quantitative estimate of drug-likeness (QED) is 0.924. The molecule has 2 aliphatic carbocycles. The van der Waals surface area contributed by atoms with Crippen molar-refractivity contribution in [2.45, 2.75) is 69.4 Å². The van der Waals surface area contributed by atoms with Gasteiger partial charge in [-0.3, -0.25) is 0 Å². The third kappa shape index (κ3) is 2.73. The van der Waals surface area contributed by atoms with Crippen LogP contribution in [0.4, 0.5) is 0 Å². The van der Waals surface area contributed by atoms with Gasteiger partial charge in [0.15, 0.2) is 0 Å². The van der Waals surface area contributed by atoms with Crippen LogP contribution in [0.1, 0.15) is 69.5 Å². The lowest BCUT2D eigenvalue weighted by Crippen LogP contribution is -2.34. The zero-order valence-electron chi connectivity index (χ0n) is 13.4. The molecule has 2 aliphatic rings. The Morgan fingerprint density at radius 2 is 2.00 bits per heavy atom. The minimum absolute atomic E-state index is 0.331. The van der Waals surface area contributed by atoms with E-state index in [0.29, 0.717) is 12.0 Å². The molecule has 0 radical (unpaired) electrons. The molecule has 21 heavy (non-hydrogen) atoms. The van der Waals surface area contributed by atoms with Crippen LogP contribution in [-0.2, 0) is 10.3 Å². The molecule has 0 bridgehead atoms. The summed E-state index contributed by atoms with van der Waals surface area (Å²) in [6.07, 6.45) is 7.85. The zero-order valence-corrected chi connectivity index (χ0v) is 13.4. The van der Waals surface area contributed by atoms with Gasteiger partial charge in [-0.25, -0.2) is 0 Å². The third-order valence-electron chi connectivity index (χ3n) is 5.53. The summed E-state index contributed by atoms with van der Waals surface area (Å²) < 4.78 is 11.4. The lowest BCUT2D eigenvalue weighted by molar-refractivity contribution is -0.0609. The predicted molar refractivity (Wildman–Crippen MR) is 80.1 cm³/mol. The van der Waals surface area contributed by atoms with Crippen molar-refractivity contribution < 1.29 is 9.26 Å². The van der Waals surface area contributed by atoms with Crippen molar-refractivity contribution >= 4 is 0 Å². The zero-order chi connectivity index (χ0) is 14.9. The van der Waals surface area contributed by atoms with Crippen molar-refractivity contribution in [3.05, 3.63) is 11.7 Å². The van der Waals surface area contributed by atoms with Crippen molar-refractivity contribution in [1.82, 2.24) is 15.5 Å². The fourth-order valence-electron chi connectivity index (χ4n) is 3.92. The largest absolute Gasteiger partial charge is 0.370 e. The molecule has 3 rings (SSSR count). The van der Waals surface area contributed by atoms with Crippen LogP contribution in [0.5, 0.6) is 0 Å². The summed E-state index contributed by atoms with van der Waals surface area (Å²) >= 11 is 0. The molecular weight excluding hydrogens is 266 g/mol. The number of methoxy groups -OCH3 is 1. The Morgan fingerprint density at radius 1 is 1.24 bits per heavy atom. The van der Waals surface area contributed by atoms with Crippen molar-refractivity contribution in [3.63, 3.8) is 0 Å². The van der Waals surface area contributed by atoms with Crippen LogP contribution in [0, 0.1) is 5.92 Å². The normalized spacial score (nSPS) is 37.0. The van der Waals surface area contributed by atoms with E-state index in [1.165, 1.54) is 25.7 Å². The first kappa shape index (κ1) is 15.0. The number of hydrogen-bond donors (Lipinski definition) is 1. The standard InChI is InChI=1S/C16H27N3O2/c1-11-7-9-16(20-3,10-8-11)15-18-14(21-19-15)12-5-4-6-13(12)17-2/h11-13,17H,4-10H2,1-3H3. The van der Waals surface area contributed by atoms with Crippen molar-refractivity contribution in [3.8, 4) is 0 Å². The molecule has 118 valence electrons. The summed E-state index contributed by atoms with van der Waals surface area (Å²) in [4.78, 5) is 4.74. The SMILES string of the molecule is CNC1CCCC1c1nc(C2(OC)CCC(C)CC2)no1. The second-order valence-electron chi connectivity index (χ2n) is 6.77. The van der Waals surface area contributed by atoms with Crippen LogP contribution >= 0.6 is 0 Å². The molecule has 2 saturated carbocycles. The van der Waals surface area contributed by atoms with Crippen LogP contribution in [0.25, 0.3) is 0 Å². The van der Waals surface area contributed by atoms with Gasteiger partial charge in [-0.1, -0.05) is 18.5 Å². The fraction of sp³-hybridized carbons (Fsp3) is 0.875. The second kappa shape index (κ2) is 6.05. The van der Waals surface area contributed by atoms with E-state index >= 15 is 0 Å². The summed E-state index contributed by atoms with van der Waals surface area (Å²) in [5, 5.41) is 7.65. The average Bonchev–Trinajstić information content (AvgIpc) is 3.17. The Balaban J connectivity index is 1.80. The molecule has 0 aliphatic heterocycles. The Kier molecular flexibility index (Phi) is 4.31. The summed E-state index contributed by atoms with van der Waals surface area (Å²) in [5.74, 6) is 2.67. The maximum Gasteiger partial charge on any atom is 0.231 e. The van der Waals surface area contributed by atoms with E-state index in [4.69, 9.17) is 14.2 Å². The van der Waals surface area contributed by atoms with E-state index in [-0.39, 0.29) is 5.60 Å². The topological polar surface area (TPSA) is 60.2 Å². The molecule has 2 unspecified atom stereocenters. The molecule has 2 fully saturated rings. The van der Waals surface area contributed by atoms with Crippen molar-refractivity contribution in [2.75, 3.05) is 14.2 Å². The Hall–Kier alpha value is -0.940. The van der Waals surface area contributed by atoms with Crippen LogP contribution in [-0.4, -0.2) is 30.3 Å². The highest BCUT2D eigenvalue weighted by molar-refractivity contribution is 5.08. The number of nitrogens with one attached hydrogen (secondary N) is 1. The number of aromatic nitrogens is 2. The molecule has 0 aromatic carbocycles. The lowest BCUT2D eigenvalue weighted by atomic mass is 9.79. The van der Waals surface area contributed by atoms with Gasteiger partial charge in [-0.15, -0.1) is 0 Å². The highest BCUT2D eigenvalue weighted by Gasteiger charge is 2.41. The molecule has 5 heteroatoms. The van der Waals surface area contributed by atoms with Crippen LogP contribution in [0.2, 0.25) is 0 Å². The minimum atomic E-state index is -0.331. The fourth-order valence-corrected chi connectivity index (χ4v) is 3.92. The van der Waals surface area contributed by atoms with Crippen LogP contribution in [0.3, 0.4) is 0 Å². The Bertz CT molecular complexity index is 466. The molecule has 0 saturated heterocycles. The Morgan fingerprint density at radius 3 is 2.67 bits per heavy atom. The summed E-state index contributed by atoms with van der Waals surface area (Å²) in [7, 11) is 3.79. The number of likely N-dealkylation sites (N-methyl/N-ethyl adjacent to an activating group) is 1.